The average molecular weight is 243 g/mol. The molecule has 0 saturated heterocycles. The zero-order valence-corrected chi connectivity index (χ0v) is 12.5. The summed E-state index contributed by atoms with van der Waals surface area (Å²) in [5.41, 5.74) is 0.506. The molecule has 0 bridgehead atoms. The van der Waals surface area contributed by atoms with Crippen LogP contribution in [0.5, 0.6) is 0 Å². The lowest BCUT2D eigenvalue weighted by molar-refractivity contribution is 0.274. The topological polar surface area (TPSA) is 12.0 Å². The zero-order valence-electron chi connectivity index (χ0n) is 11.7. The SMILES string of the molecule is CCC(CC)(CNC1CCCC1(C)C)SC. The summed E-state index contributed by atoms with van der Waals surface area (Å²) in [4.78, 5) is 0. The van der Waals surface area contributed by atoms with Crippen molar-refractivity contribution < 1.29 is 0 Å². The fraction of sp³-hybridized carbons (Fsp3) is 1.00. The summed E-state index contributed by atoms with van der Waals surface area (Å²) in [6.07, 6.45) is 8.94. The first-order valence-electron chi connectivity index (χ1n) is 6.78. The van der Waals surface area contributed by atoms with E-state index in [0.717, 1.165) is 6.04 Å². The molecule has 16 heavy (non-hydrogen) atoms. The highest BCUT2D eigenvalue weighted by Crippen LogP contribution is 2.38. The fourth-order valence-corrected chi connectivity index (χ4v) is 3.68. The molecular weight excluding hydrogens is 214 g/mol. The third-order valence-electron chi connectivity index (χ3n) is 4.65. The molecule has 0 heterocycles. The normalized spacial score (nSPS) is 24.9. The van der Waals surface area contributed by atoms with Crippen LogP contribution in [0.15, 0.2) is 0 Å². The van der Waals surface area contributed by atoms with Crippen molar-refractivity contribution >= 4 is 11.8 Å². The van der Waals surface area contributed by atoms with Crippen molar-refractivity contribution in [2.45, 2.75) is 70.6 Å². The van der Waals surface area contributed by atoms with Crippen molar-refractivity contribution in [3.8, 4) is 0 Å². The molecule has 2 heteroatoms. The molecule has 1 nitrogen and oxygen atoms in total. The molecule has 96 valence electrons. The third kappa shape index (κ3) is 3.16. The summed E-state index contributed by atoms with van der Waals surface area (Å²) < 4.78 is 0.457. The lowest BCUT2D eigenvalue weighted by Crippen LogP contribution is -2.45. The van der Waals surface area contributed by atoms with E-state index >= 15 is 0 Å². The van der Waals surface area contributed by atoms with Gasteiger partial charge < -0.3 is 5.32 Å². The van der Waals surface area contributed by atoms with Crippen molar-refractivity contribution in [3.05, 3.63) is 0 Å². The van der Waals surface area contributed by atoms with Gasteiger partial charge in [-0.1, -0.05) is 34.1 Å². The molecule has 1 unspecified atom stereocenters. The van der Waals surface area contributed by atoms with Gasteiger partial charge in [0.2, 0.25) is 0 Å². The molecule has 1 aliphatic carbocycles. The number of hydrogen-bond donors (Lipinski definition) is 1. The average Bonchev–Trinajstić information content (AvgIpc) is 2.61. The van der Waals surface area contributed by atoms with E-state index in [1.165, 1.54) is 38.6 Å². The molecule has 0 radical (unpaired) electrons. The van der Waals surface area contributed by atoms with Crippen LogP contribution in [0.2, 0.25) is 0 Å². The Bertz CT molecular complexity index is 201. The van der Waals surface area contributed by atoms with Gasteiger partial charge in [0.25, 0.3) is 0 Å². The third-order valence-corrected chi connectivity index (χ3v) is 6.24. The number of hydrogen-bond acceptors (Lipinski definition) is 2. The maximum atomic E-state index is 3.84. The fourth-order valence-electron chi connectivity index (χ4n) is 2.88. The molecule has 1 aliphatic rings. The highest BCUT2D eigenvalue weighted by molar-refractivity contribution is 8.00. The minimum atomic E-state index is 0.457. The molecule has 0 spiro atoms. The first-order valence-corrected chi connectivity index (χ1v) is 8.00. The van der Waals surface area contributed by atoms with Gasteiger partial charge in [-0.3, -0.25) is 0 Å². The van der Waals surface area contributed by atoms with Crippen LogP contribution >= 0.6 is 11.8 Å². The predicted molar refractivity (Wildman–Crippen MR) is 76.3 cm³/mol. The molecule has 1 saturated carbocycles. The zero-order chi connectivity index (χ0) is 12.2. The number of rotatable bonds is 6. The Balaban J connectivity index is 2.49. The Labute approximate surface area is 106 Å². The largest absolute Gasteiger partial charge is 0.312 e. The first-order chi connectivity index (χ1) is 7.49. The van der Waals surface area contributed by atoms with Crippen LogP contribution in [-0.2, 0) is 0 Å². The van der Waals surface area contributed by atoms with Gasteiger partial charge in [-0.05, 0) is 37.4 Å². The smallest absolute Gasteiger partial charge is 0.0276 e. The molecule has 1 fully saturated rings. The van der Waals surface area contributed by atoms with Crippen molar-refractivity contribution in [1.82, 2.24) is 5.32 Å². The molecule has 1 N–H and O–H groups in total. The maximum Gasteiger partial charge on any atom is 0.0276 e. The van der Waals surface area contributed by atoms with Gasteiger partial charge in [0, 0.05) is 17.3 Å². The Morgan fingerprint density at radius 3 is 2.31 bits per heavy atom. The summed E-state index contributed by atoms with van der Waals surface area (Å²) in [5.74, 6) is 0. The van der Waals surface area contributed by atoms with E-state index in [2.05, 4.69) is 39.3 Å². The molecule has 1 rings (SSSR count). The summed E-state index contributed by atoms with van der Waals surface area (Å²) in [7, 11) is 0. The van der Waals surface area contributed by atoms with Crippen LogP contribution in [0.4, 0.5) is 0 Å². The van der Waals surface area contributed by atoms with Gasteiger partial charge in [-0.2, -0.15) is 11.8 Å². The summed E-state index contributed by atoms with van der Waals surface area (Å²) in [6.45, 7) is 10.6. The van der Waals surface area contributed by atoms with Crippen molar-refractivity contribution in [3.63, 3.8) is 0 Å². The van der Waals surface area contributed by atoms with Crippen molar-refractivity contribution in [1.29, 1.82) is 0 Å². The predicted octanol–water partition coefficient (Wildman–Crippen LogP) is 4.08. The van der Waals surface area contributed by atoms with E-state index in [9.17, 15) is 0 Å². The molecule has 0 aromatic rings. The van der Waals surface area contributed by atoms with Gasteiger partial charge in [0.1, 0.15) is 0 Å². The van der Waals surface area contributed by atoms with E-state index in [0.29, 0.717) is 10.2 Å². The Morgan fingerprint density at radius 2 is 1.94 bits per heavy atom. The molecule has 0 amide bonds. The Morgan fingerprint density at radius 1 is 1.31 bits per heavy atom. The molecule has 1 atom stereocenters. The minimum Gasteiger partial charge on any atom is -0.312 e. The summed E-state index contributed by atoms with van der Waals surface area (Å²) in [5, 5.41) is 3.84. The van der Waals surface area contributed by atoms with Crippen molar-refractivity contribution in [2.24, 2.45) is 5.41 Å². The standard InChI is InChI=1S/C14H29NS/c1-6-14(7-2,16-5)11-15-12-9-8-10-13(12,3)4/h12,15H,6-11H2,1-5H3. The lowest BCUT2D eigenvalue weighted by atomic mass is 9.87. The van der Waals surface area contributed by atoms with Crippen LogP contribution in [0.3, 0.4) is 0 Å². The van der Waals surface area contributed by atoms with Crippen LogP contribution in [-0.4, -0.2) is 23.6 Å². The van der Waals surface area contributed by atoms with Crippen LogP contribution in [0.25, 0.3) is 0 Å². The van der Waals surface area contributed by atoms with Gasteiger partial charge in [0.05, 0.1) is 0 Å². The van der Waals surface area contributed by atoms with Crippen molar-refractivity contribution in [2.75, 3.05) is 12.8 Å². The molecule has 0 aliphatic heterocycles. The molecule has 0 aromatic carbocycles. The van der Waals surface area contributed by atoms with E-state index in [1.54, 1.807) is 0 Å². The second-order valence-electron chi connectivity index (χ2n) is 5.91. The summed E-state index contributed by atoms with van der Waals surface area (Å²) >= 11 is 2.04. The minimum absolute atomic E-state index is 0.457. The van der Waals surface area contributed by atoms with Gasteiger partial charge in [-0.15, -0.1) is 0 Å². The lowest BCUT2D eigenvalue weighted by Gasteiger charge is -2.35. The van der Waals surface area contributed by atoms with Gasteiger partial charge in [0.15, 0.2) is 0 Å². The maximum absolute atomic E-state index is 3.84. The molecule has 0 aromatic heterocycles. The first kappa shape index (κ1) is 14.4. The van der Waals surface area contributed by atoms with E-state index in [4.69, 9.17) is 0 Å². The summed E-state index contributed by atoms with van der Waals surface area (Å²) in [6, 6.07) is 0.733. The van der Waals surface area contributed by atoms with Gasteiger partial charge >= 0.3 is 0 Å². The van der Waals surface area contributed by atoms with Crippen LogP contribution in [0.1, 0.15) is 59.8 Å². The number of thioether (sulfide) groups is 1. The quantitative estimate of drug-likeness (QED) is 0.754. The van der Waals surface area contributed by atoms with Gasteiger partial charge in [-0.25, -0.2) is 0 Å². The van der Waals surface area contributed by atoms with E-state index < -0.39 is 0 Å². The van der Waals surface area contributed by atoms with E-state index in [-0.39, 0.29) is 0 Å². The Kier molecular flexibility index (Phi) is 5.18. The highest BCUT2D eigenvalue weighted by atomic mass is 32.2. The second-order valence-corrected chi connectivity index (χ2v) is 7.18. The van der Waals surface area contributed by atoms with Crippen LogP contribution in [0, 0.1) is 5.41 Å². The van der Waals surface area contributed by atoms with Crippen LogP contribution < -0.4 is 5.32 Å². The molecular formula is C14H29NS. The number of nitrogens with one attached hydrogen (secondary N) is 1. The Hall–Kier alpha value is 0.310. The highest BCUT2D eigenvalue weighted by Gasteiger charge is 2.35. The monoisotopic (exact) mass is 243 g/mol. The second kappa shape index (κ2) is 5.77. The van der Waals surface area contributed by atoms with E-state index in [1.807, 2.05) is 11.8 Å².